The second-order valence-corrected chi connectivity index (χ2v) is 10.00. The maximum absolute atomic E-state index is 4.51. The minimum absolute atomic E-state index is 0.157. The molecule has 0 aliphatic rings. The van der Waals surface area contributed by atoms with E-state index in [2.05, 4.69) is 111 Å². The summed E-state index contributed by atoms with van der Waals surface area (Å²) in [6.07, 6.45) is 3.87. The minimum Gasteiger partial charge on any atom is -0.263 e. The first-order valence-corrected chi connectivity index (χ1v) is 10.2. The van der Waals surface area contributed by atoms with Crippen LogP contribution in [-0.2, 0) is 10.8 Å². The van der Waals surface area contributed by atoms with Crippen molar-refractivity contribution in [1.82, 2.24) is 4.98 Å². The predicted molar refractivity (Wildman–Crippen MR) is 120 cm³/mol. The molecule has 0 radical (unpaired) electrons. The molecule has 0 saturated carbocycles. The first kappa shape index (κ1) is 19.8. The lowest BCUT2D eigenvalue weighted by molar-refractivity contribution is 0.590. The number of nitrogens with zero attached hydrogens (tertiary/aromatic N) is 1. The molecule has 1 nitrogen and oxygen atoms in total. The Morgan fingerprint density at radius 1 is 0.593 bits per heavy atom. The van der Waals surface area contributed by atoms with Crippen molar-refractivity contribution in [3.8, 4) is 22.3 Å². The lowest BCUT2D eigenvalue weighted by Crippen LogP contribution is -2.10. The smallest absolute Gasteiger partial charge is 0.0363 e. The molecule has 0 aliphatic heterocycles. The second-order valence-electron chi connectivity index (χ2n) is 9.20. The Bertz CT molecular complexity index is 848. The maximum Gasteiger partial charge on any atom is 0.0363 e. The van der Waals surface area contributed by atoms with E-state index in [4.69, 9.17) is 0 Å². The Hall–Kier alpha value is -1.93. The highest BCUT2D eigenvalue weighted by Crippen LogP contribution is 2.37. The van der Waals surface area contributed by atoms with Gasteiger partial charge in [0.05, 0.1) is 0 Å². The molecule has 0 atom stereocenters. The Balaban J connectivity index is 1.99. The van der Waals surface area contributed by atoms with Gasteiger partial charge in [0.15, 0.2) is 0 Å². The molecule has 1 aromatic heterocycles. The van der Waals surface area contributed by atoms with E-state index in [1.807, 2.05) is 12.4 Å². The van der Waals surface area contributed by atoms with Gasteiger partial charge in [-0.25, -0.2) is 0 Å². The zero-order chi connectivity index (χ0) is 19.8. The second kappa shape index (κ2) is 7.24. The Kier molecular flexibility index (Phi) is 5.31. The van der Waals surface area contributed by atoms with Crippen LogP contribution in [-0.4, -0.2) is 4.98 Å². The highest BCUT2D eigenvalue weighted by atomic mass is 79.9. The molecule has 27 heavy (non-hydrogen) atoms. The molecule has 0 bridgehead atoms. The normalized spacial score (nSPS) is 12.3. The number of hydrogen-bond acceptors (Lipinski definition) is 1. The summed E-state index contributed by atoms with van der Waals surface area (Å²) in [6, 6.07) is 17.6. The van der Waals surface area contributed by atoms with Crippen molar-refractivity contribution in [2.24, 2.45) is 0 Å². The molecular weight excluding hydrogens is 394 g/mol. The van der Waals surface area contributed by atoms with E-state index in [9.17, 15) is 0 Å². The fourth-order valence-corrected chi connectivity index (χ4v) is 3.81. The van der Waals surface area contributed by atoms with Crippen LogP contribution in [0.5, 0.6) is 0 Å². The summed E-state index contributed by atoms with van der Waals surface area (Å²) >= 11 is 3.83. The Morgan fingerprint density at radius 3 is 1.22 bits per heavy atom. The van der Waals surface area contributed by atoms with Crippen molar-refractivity contribution in [1.29, 1.82) is 0 Å². The van der Waals surface area contributed by atoms with Gasteiger partial charge in [0, 0.05) is 28.0 Å². The van der Waals surface area contributed by atoms with Crippen LogP contribution < -0.4 is 0 Å². The van der Waals surface area contributed by atoms with Crippen LogP contribution in [0.3, 0.4) is 0 Å². The maximum atomic E-state index is 4.51. The number of aromatic nitrogens is 1. The fourth-order valence-electron chi connectivity index (χ4n) is 3.15. The number of pyridine rings is 1. The van der Waals surface area contributed by atoms with E-state index in [1.165, 1.54) is 22.3 Å². The molecule has 0 saturated heterocycles. The standard InChI is InChI=1S/C25H28BrN/c1-24(2,3)19-11-7-17(8-12-19)21-15-27-16-22(23(21)26)18-9-13-20(14-10-18)25(4,5)6/h7-16H,1-6H3. The number of rotatable bonds is 2. The van der Waals surface area contributed by atoms with Gasteiger partial charge in [-0.15, -0.1) is 0 Å². The molecule has 2 heteroatoms. The van der Waals surface area contributed by atoms with Crippen molar-refractivity contribution in [3.05, 3.63) is 76.5 Å². The van der Waals surface area contributed by atoms with Crippen LogP contribution in [0.2, 0.25) is 0 Å². The van der Waals surface area contributed by atoms with Gasteiger partial charge < -0.3 is 0 Å². The van der Waals surface area contributed by atoms with Crippen molar-refractivity contribution in [2.75, 3.05) is 0 Å². The molecule has 0 fully saturated rings. The predicted octanol–water partition coefficient (Wildman–Crippen LogP) is 7.77. The molecule has 0 unspecified atom stereocenters. The first-order valence-electron chi connectivity index (χ1n) is 9.43. The lowest BCUT2D eigenvalue weighted by Gasteiger charge is -2.20. The molecule has 3 rings (SSSR count). The van der Waals surface area contributed by atoms with Gasteiger partial charge in [0.1, 0.15) is 0 Å². The van der Waals surface area contributed by atoms with E-state index in [-0.39, 0.29) is 10.8 Å². The molecule has 2 aromatic carbocycles. The van der Waals surface area contributed by atoms with Gasteiger partial charge in [-0.2, -0.15) is 0 Å². The van der Waals surface area contributed by atoms with Crippen LogP contribution >= 0.6 is 15.9 Å². The van der Waals surface area contributed by atoms with Crippen LogP contribution in [0.1, 0.15) is 52.7 Å². The molecule has 0 amide bonds. The summed E-state index contributed by atoms with van der Waals surface area (Å²) in [5, 5.41) is 0. The Labute approximate surface area is 172 Å². The first-order chi connectivity index (χ1) is 12.6. The van der Waals surface area contributed by atoms with E-state index in [0.717, 1.165) is 15.6 Å². The molecular formula is C25H28BrN. The number of hydrogen-bond donors (Lipinski definition) is 0. The topological polar surface area (TPSA) is 12.9 Å². The van der Waals surface area contributed by atoms with Crippen molar-refractivity contribution in [3.63, 3.8) is 0 Å². The van der Waals surface area contributed by atoms with Crippen molar-refractivity contribution >= 4 is 15.9 Å². The van der Waals surface area contributed by atoms with Crippen LogP contribution in [0.25, 0.3) is 22.3 Å². The molecule has 140 valence electrons. The van der Waals surface area contributed by atoms with Gasteiger partial charge in [-0.05, 0) is 49.0 Å². The zero-order valence-corrected chi connectivity index (χ0v) is 18.7. The van der Waals surface area contributed by atoms with Crippen LogP contribution in [0.4, 0.5) is 0 Å². The summed E-state index contributed by atoms with van der Waals surface area (Å²) in [5.41, 5.74) is 7.58. The summed E-state index contributed by atoms with van der Waals surface area (Å²) < 4.78 is 1.09. The molecule has 0 N–H and O–H groups in total. The molecule has 0 spiro atoms. The number of benzene rings is 2. The Morgan fingerprint density at radius 2 is 0.926 bits per heavy atom. The van der Waals surface area contributed by atoms with E-state index < -0.39 is 0 Å². The van der Waals surface area contributed by atoms with Gasteiger partial charge in [0.25, 0.3) is 0 Å². The third-order valence-electron chi connectivity index (χ3n) is 5.00. The van der Waals surface area contributed by atoms with Gasteiger partial charge >= 0.3 is 0 Å². The highest BCUT2D eigenvalue weighted by molar-refractivity contribution is 9.10. The highest BCUT2D eigenvalue weighted by Gasteiger charge is 2.16. The SMILES string of the molecule is CC(C)(C)c1ccc(-c2cncc(-c3ccc(C(C)(C)C)cc3)c2Br)cc1. The average Bonchev–Trinajstić information content (AvgIpc) is 2.61. The summed E-state index contributed by atoms with van der Waals surface area (Å²) in [7, 11) is 0. The molecule has 0 aliphatic carbocycles. The quantitative estimate of drug-likeness (QED) is 0.411. The molecule has 1 heterocycles. The van der Waals surface area contributed by atoms with Crippen LogP contribution in [0.15, 0.2) is 65.4 Å². The van der Waals surface area contributed by atoms with E-state index in [0.29, 0.717) is 0 Å². The van der Waals surface area contributed by atoms with E-state index in [1.54, 1.807) is 0 Å². The van der Waals surface area contributed by atoms with Crippen molar-refractivity contribution in [2.45, 2.75) is 52.4 Å². The van der Waals surface area contributed by atoms with Gasteiger partial charge in [-0.3, -0.25) is 4.98 Å². The average molecular weight is 422 g/mol. The third kappa shape index (κ3) is 4.32. The summed E-state index contributed by atoms with van der Waals surface area (Å²) in [4.78, 5) is 4.51. The largest absolute Gasteiger partial charge is 0.263 e. The van der Waals surface area contributed by atoms with E-state index >= 15 is 0 Å². The molecule has 3 aromatic rings. The fraction of sp³-hybridized carbons (Fsp3) is 0.320. The lowest BCUT2D eigenvalue weighted by atomic mass is 9.86. The summed E-state index contributed by atoms with van der Waals surface area (Å²) in [6.45, 7) is 13.4. The number of halogens is 1. The monoisotopic (exact) mass is 421 g/mol. The van der Waals surface area contributed by atoms with Gasteiger partial charge in [-0.1, -0.05) is 90.1 Å². The zero-order valence-electron chi connectivity index (χ0n) is 17.1. The minimum atomic E-state index is 0.157. The summed E-state index contributed by atoms with van der Waals surface area (Å²) in [5.74, 6) is 0. The van der Waals surface area contributed by atoms with Crippen molar-refractivity contribution < 1.29 is 0 Å². The van der Waals surface area contributed by atoms with Gasteiger partial charge in [0.2, 0.25) is 0 Å². The third-order valence-corrected chi connectivity index (χ3v) is 5.86. The van der Waals surface area contributed by atoms with Crippen LogP contribution in [0, 0.1) is 0 Å².